The third-order valence-corrected chi connectivity index (χ3v) is 2.88. The lowest BCUT2D eigenvalue weighted by Crippen LogP contribution is -2.31. The second-order valence-corrected chi connectivity index (χ2v) is 4.77. The topological polar surface area (TPSA) is 67.3 Å². The molecule has 2 aromatic rings. The molecule has 0 saturated heterocycles. The zero-order chi connectivity index (χ0) is 15.2. The number of rotatable bonds is 5. The van der Waals surface area contributed by atoms with E-state index in [1.54, 1.807) is 37.3 Å². The van der Waals surface area contributed by atoms with Crippen molar-refractivity contribution in [1.82, 2.24) is 9.97 Å². The summed E-state index contributed by atoms with van der Waals surface area (Å²) in [5.41, 5.74) is 0.671. The van der Waals surface area contributed by atoms with Crippen LogP contribution in [0.15, 0.2) is 36.7 Å². The number of nitrogens with zero attached hydrogens (tertiary/aromatic N) is 3. The highest BCUT2D eigenvalue weighted by atomic mass is 35.5. The molecule has 0 unspecified atom stereocenters. The van der Waals surface area contributed by atoms with Gasteiger partial charge in [0, 0.05) is 18.8 Å². The van der Waals surface area contributed by atoms with Crippen LogP contribution < -0.4 is 15.0 Å². The van der Waals surface area contributed by atoms with Crippen molar-refractivity contribution in [1.29, 1.82) is 0 Å². The van der Waals surface area contributed by atoms with Gasteiger partial charge in [-0.3, -0.25) is 4.79 Å². The second kappa shape index (κ2) is 6.90. The average molecular weight is 307 g/mol. The van der Waals surface area contributed by atoms with E-state index < -0.39 is 0 Å². The second-order valence-electron chi connectivity index (χ2n) is 4.34. The van der Waals surface area contributed by atoms with E-state index in [2.05, 4.69) is 15.3 Å². The molecule has 2 rings (SSSR count). The first-order valence-corrected chi connectivity index (χ1v) is 6.59. The number of aromatic nitrogens is 2. The molecule has 0 aliphatic heterocycles. The van der Waals surface area contributed by atoms with Crippen LogP contribution in [-0.4, -0.2) is 36.6 Å². The Labute approximate surface area is 127 Å². The summed E-state index contributed by atoms with van der Waals surface area (Å²) in [5, 5.41) is 3.24. The minimum absolute atomic E-state index is 0.124. The van der Waals surface area contributed by atoms with Crippen molar-refractivity contribution < 1.29 is 9.53 Å². The Kier molecular flexibility index (Phi) is 4.94. The SMILES string of the molecule is COc1cccc(NC(=O)CN(C)c2ncc(Cl)cn2)c1. The number of methoxy groups -OCH3 is 1. The zero-order valence-corrected chi connectivity index (χ0v) is 12.5. The molecular weight excluding hydrogens is 292 g/mol. The van der Waals surface area contributed by atoms with Gasteiger partial charge < -0.3 is 15.0 Å². The van der Waals surface area contributed by atoms with Crippen LogP contribution in [0, 0.1) is 0 Å². The average Bonchev–Trinajstić information content (AvgIpc) is 2.47. The maximum atomic E-state index is 12.0. The van der Waals surface area contributed by atoms with Crippen molar-refractivity contribution >= 4 is 29.1 Å². The minimum atomic E-state index is -0.177. The molecule has 1 aromatic heterocycles. The molecule has 110 valence electrons. The predicted molar refractivity (Wildman–Crippen MR) is 81.9 cm³/mol. The molecule has 0 bridgehead atoms. The number of carbonyl (C=O) groups excluding carboxylic acids is 1. The fourth-order valence-corrected chi connectivity index (χ4v) is 1.79. The summed E-state index contributed by atoms with van der Waals surface area (Å²) in [5.74, 6) is 0.937. The van der Waals surface area contributed by atoms with Crippen LogP contribution in [0.3, 0.4) is 0 Å². The molecule has 1 heterocycles. The molecule has 0 spiro atoms. The fraction of sp³-hybridized carbons (Fsp3) is 0.214. The molecule has 0 radical (unpaired) electrons. The number of hydrogen-bond acceptors (Lipinski definition) is 5. The molecule has 0 atom stereocenters. The lowest BCUT2D eigenvalue weighted by atomic mass is 10.3. The predicted octanol–water partition coefficient (Wildman–Crippen LogP) is 2.21. The largest absolute Gasteiger partial charge is 0.497 e. The monoisotopic (exact) mass is 306 g/mol. The summed E-state index contributed by atoms with van der Waals surface area (Å²) in [7, 11) is 3.31. The molecule has 0 aliphatic rings. The van der Waals surface area contributed by atoms with Gasteiger partial charge in [-0.2, -0.15) is 0 Å². The smallest absolute Gasteiger partial charge is 0.243 e. The van der Waals surface area contributed by atoms with Crippen LogP contribution in [0.1, 0.15) is 0 Å². The Hall–Kier alpha value is -2.34. The number of amides is 1. The Bertz CT molecular complexity index is 619. The van der Waals surface area contributed by atoms with Gasteiger partial charge in [0.25, 0.3) is 0 Å². The van der Waals surface area contributed by atoms with Crippen molar-refractivity contribution in [2.24, 2.45) is 0 Å². The summed E-state index contributed by atoms with van der Waals surface area (Å²) >= 11 is 5.72. The Morgan fingerprint density at radius 3 is 2.76 bits per heavy atom. The normalized spacial score (nSPS) is 10.0. The molecule has 1 amide bonds. The number of anilines is 2. The Morgan fingerprint density at radius 1 is 1.38 bits per heavy atom. The van der Waals surface area contributed by atoms with Gasteiger partial charge in [0.2, 0.25) is 11.9 Å². The van der Waals surface area contributed by atoms with Gasteiger partial charge in [-0.1, -0.05) is 17.7 Å². The van der Waals surface area contributed by atoms with Crippen molar-refractivity contribution in [3.05, 3.63) is 41.7 Å². The van der Waals surface area contributed by atoms with E-state index in [9.17, 15) is 4.79 Å². The van der Waals surface area contributed by atoms with Gasteiger partial charge in [0.05, 0.1) is 31.1 Å². The fourth-order valence-electron chi connectivity index (χ4n) is 1.69. The van der Waals surface area contributed by atoms with Crippen LogP contribution >= 0.6 is 11.6 Å². The lowest BCUT2D eigenvalue weighted by molar-refractivity contribution is -0.114. The van der Waals surface area contributed by atoms with E-state index in [1.807, 2.05) is 6.07 Å². The molecule has 0 aliphatic carbocycles. The number of benzene rings is 1. The van der Waals surface area contributed by atoms with E-state index in [4.69, 9.17) is 16.3 Å². The van der Waals surface area contributed by atoms with Gasteiger partial charge >= 0.3 is 0 Å². The standard InChI is InChI=1S/C14H15ClN4O2/c1-19(14-16-7-10(15)8-17-14)9-13(20)18-11-4-3-5-12(6-11)21-2/h3-8H,9H2,1-2H3,(H,18,20). The Morgan fingerprint density at radius 2 is 2.10 bits per heavy atom. The molecule has 0 saturated carbocycles. The first-order chi connectivity index (χ1) is 10.1. The van der Waals surface area contributed by atoms with Crippen LogP contribution in [0.2, 0.25) is 5.02 Å². The molecule has 1 N–H and O–H groups in total. The number of ether oxygens (including phenoxy) is 1. The summed E-state index contributed by atoms with van der Waals surface area (Å²) < 4.78 is 5.10. The van der Waals surface area contributed by atoms with Crippen LogP contribution in [0.4, 0.5) is 11.6 Å². The highest BCUT2D eigenvalue weighted by Gasteiger charge is 2.10. The quantitative estimate of drug-likeness (QED) is 0.917. The van der Waals surface area contributed by atoms with E-state index in [-0.39, 0.29) is 12.5 Å². The number of carbonyl (C=O) groups is 1. The highest BCUT2D eigenvalue weighted by Crippen LogP contribution is 2.16. The first-order valence-electron chi connectivity index (χ1n) is 6.21. The number of halogens is 1. The molecule has 0 fully saturated rings. The number of likely N-dealkylation sites (N-methyl/N-ethyl adjacent to an activating group) is 1. The van der Waals surface area contributed by atoms with Crippen LogP contribution in [-0.2, 0) is 4.79 Å². The minimum Gasteiger partial charge on any atom is -0.497 e. The van der Waals surface area contributed by atoms with E-state index >= 15 is 0 Å². The molecule has 1 aromatic carbocycles. The van der Waals surface area contributed by atoms with Crippen LogP contribution in [0.5, 0.6) is 5.75 Å². The molecule has 6 nitrogen and oxygen atoms in total. The van der Waals surface area contributed by atoms with Crippen molar-refractivity contribution in [2.45, 2.75) is 0 Å². The van der Waals surface area contributed by atoms with Crippen molar-refractivity contribution in [2.75, 3.05) is 30.9 Å². The summed E-state index contributed by atoms with van der Waals surface area (Å²) in [4.78, 5) is 21.7. The third-order valence-electron chi connectivity index (χ3n) is 2.68. The lowest BCUT2D eigenvalue weighted by Gasteiger charge is -2.16. The van der Waals surface area contributed by atoms with Gasteiger partial charge in [-0.15, -0.1) is 0 Å². The molecular formula is C14H15ClN4O2. The van der Waals surface area contributed by atoms with E-state index in [1.165, 1.54) is 12.4 Å². The van der Waals surface area contributed by atoms with Gasteiger partial charge in [-0.25, -0.2) is 9.97 Å². The highest BCUT2D eigenvalue weighted by molar-refractivity contribution is 6.30. The Balaban J connectivity index is 1.96. The van der Waals surface area contributed by atoms with Crippen molar-refractivity contribution in [3.63, 3.8) is 0 Å². The summed E-state index contributed by atoms with van der Waals surface area (Å²) in [6.45, 7) is 0.124. The summed E-state index contributed by atoms with van der Waals surface area (Å²) in [6, 6.07) is 7.15. The van der Waals surface area contributed by atoms with Gasteiger partial charge in [-0.05, 0) is 12.1 Å². The molecule has 7 heteroatoms. The summed E-state index contributed by atoms with van der Waals surface area (Å²) in [6.07, 6.45) is 2.97. The van der Waals surface area contributed by atoms with Crippen molar-refractivity contribution in [3.8, 4) is 5.75 Å². The first kappa shape index (κ1) is 15.1. The maximum Gasteiger partial charge on any atom is 0.243 e. The van der Waals surface area contributed by atoms with Gasteiger partial charge in [0.1, 0.15) is 5.75 Å². The van der Waals surface area contributed by atoms with Gasteiger partial charge in [0.15, 0.2) is 0 Å². The third kappa shape index (κ3) is 4.32. The number of nitrogens with one attached hydrogen (secondary N) is 1. The zero-order valence-electron chi connectivity index (χ0n) is 11.7. The number of hydrogen-bond donors (Lipinski definition) is 1. The molecule has 21 heavy (non-hydrogen) atoms. The maximum absolute atomic E-state index is 12.0. The van der Waals surface area contributed by atoms with E-state index in [0.29, 0.717) is 22.4 Å². The van der Waals surface area contributed by atoms with Crippen LogP contribution in [0.25, 0.3) is 0 Å². The van der Waals surface area contributed by atoms with E-state index in [0.717, 1.165) is 0 Å².